The predicted molar refractivity (Wildman–Crippen MR) is 366 cm³/mol. The molecule has 94 heavy (non-hydrogen) atoms. The summed E-state index contributed by atoms with van der Waals surface area (Å²) >= 11 is 10.3. The second kappa shape index (κ2) is 37.8. The number of piperidine rings is 1. The molecule has 0 aromatic rings. The van der Waals surface area contributed by atoms with Crippen molar-refractivity contribution in [1.82, 2.24) is 60.5 Å². The SMILES string of the molecule is CCCC[C@@H]1NC(=O)[C@H](CC2CCCC(Br)C2)NC(=O)CN(C)C(=O)[C@H](CC2CCC(Cl)CC2)N(C)C(=O)CN(C)C(=O)CN(C)C(=O)[C@H]([C@@H](C)CC)NC(=O)[C@H](CC(C)C)N(C)C(=O)C[C@@H](C(=O)N2CCCCC2)N(C)C(=O)[C@H](CC(C)C)NC(=O)C(C)(C)N(C)C1=O. The van der Waals surface area contributed by atoms with Gasteiger partial charge in [0.15, 0.2) is 0 Å². The summed E-state index contributed by atoms with van der Waals surface area (Å²) in [6, 6.07) is -8.39. The molecule has 0 aromatic heterocycles. The van der Waals surface area contributed by atoms with Crippen molar-refractivity contribution in [2.24, 2.45) is 29.6 Å². The zero-order valence-corrected chi connectivity index (χ0v) is 61.8. The van der Waals surface area contributed by atoms with E-state index in [0.29, 0.717) is 70.9 Å². The van der Waals surface area contributed by atoms with Crippen LogP contribution < -0.4 is 21.3 Å². The molecule has 0 aromatic carbocycles. The third-order valence-electron chi connectivity index (χ3n) is 20.0. The molecule has 2 aliphatic heterocycles. The normalized spacial score (nSPS) is 29.1. The van der Waals surface area contributed by atoms with Gasteiger partial charge in [0, 0.05) is 72.6 Å². The molecule has 534 valence electrons. The highest BCUT2D eigenvalue weighted by Crippen LogP contribution is 2.34. The maximum Gasteiger partial charge on any atom is 0.246 e. The van der Waals surface area contributed by atoms with Crippen molar-refractivity contribution in [3.05, 3.63) is 0 Å². The fourth-order valence-corrected chi connectivity index (χ4v) is 14.3. The average molecular weight is 1410 g/mol. The molecule has 2 saturated carbocycles. The van der Waals surface area contributed by atoms with Gasteiger partial charge in [0.2, 0.25) is 70.9 Å². The van der Waals surface area contributed by atoms with Crippen LogP contribution in [0.3, 0.4) is 0 Å². The number of likely N-dealkylation sites (N-methyl/N-ethyl adjacent to an activating group) is 7. The van der Waals surface area contributed by atoms with E-state index < -0.39 is 151 Å². The Morgan fingerprint density at radius 2 is 1.17 bits per heavy atom. The summed E-state index contributed by atoms with van der Waals surface area (Å²) in [7, 11) is 10.1. The summed E-state index contributed by atoms with van der Waals surface area (Å²) in [4.78, 5) is 187. The van der Waals surface area contributed by atoms with E-state index in [1.807, 2.05) is 41.5 Å². The van der Waals surface area contributed by atoms with Crippen LogP contribution in [0.25, 0.3) is 0 Å². The Hall–Kier alpha value is -5.59. The van der Waals surface area contributed by atoms with E-state index in [1.54, 1.807) is 11.8 Å². The first-order chi connectivity index (χ1) is 44.0. The molecule has 24 nitrogen and oxygen atoms in total. The molecule has 2 aliphatic carbocycles. The number of hydrogen-bond donors (Lipinski definition) is 4. The van der Waals surface area contributed by atoms with Crippen molar-refractivity contribution >= 4 is 98.4 Å². The number of amides is 12. The molecule has 26 heteroatoms. The molecule has 0 radical (unpaired) electrons. The average Bonchev–Trinajstić information content (AvgIpc) is 0.821. The van der Waals surface area contributed by atoms with Crippen molar-refractivity contribution < 1.29 is 57.5 Å². The van der Waals surface area contributed by atoms with Crippen LogP contribution in [0.4, 0.5) is 0 Å². The molecular formula is C68H116BrClN12O12. The maximum atomic E-state index is 15.1. The molecule has 2 unspecified atom stereocenters. The molecule has 4 rings (SSSR count). The van der Waals surface area contributed by atoms with Gasteiger partial charge in [-0.3, -0.25) is 57.5 Å². The monoisotopic (exact) mass is 1410 g/mol. The van der Waals surface area contributed by atoms with Crippen molar-refractivity contribution in [2.75, 3.05) is 82.1 Å². The summed E-state index contributed by atoms with van der Waals surface area (Å²) in [5.74, 6) is -8.22. The number of rotatable bonds is 14. The number of nitrogens with one attached hydrogen (secondary N) is 4. The lowest BCUT2D eigenvalue weighted by Crippen LogP contribution is -2.63. The number of unbranched alkanes of at least 4 members (excludes halogenated alkanes) is 1. The lowest BCUT2D eigenvalue weighted by atomic mass is 9.84. The van der Waals surface area contributed by atoms with Gasteiger partial charge in [-0.1, -0.05) is 96.5 Å². The van der Waals surface area contributed by atoms with E-state index in [2.05, 4.69) is 37.2 Å². The Morgan fingerprint density at radius 3 is 1.76 bits per heavy atom. The van der Waals surface area contributed by atoms with Gasteiger partial charge >= 0.3 is 0 Å². The zero-order valence-electron chi connectivity index (χ0n) is 59.5. The lowest BCUT2D eigenvalue weighted by molar-refractivity contribution is -0.152. The second-order valence-corrected chi connectivity index (χ2v) is 30.8. The minimum Gasteiger partial charge on any atom is -0.343 e. The summed E-state index contributed by atoms with van der Waals surface area (Å²) < 4.78 is 0. The van der Waals surface area contributed by atoms with Crippen LogP contribution in [-0.4, -0.2) is 250 Å². The number of hydrogen-bond acceptors (Lipinski definition) is 12. The molecule has 2 heterocycles. The van der Waals surface area contributed by atoms with E-state index in [-0.39, 0.29) is 66.0 Å². The van der Waals surface area contributed by atoms with E-state index in [4.69, 9.17) is 11.6 Å². The van der Waals surface area contributed by atoms with Crippen molar-refractivity contribution in [3.8, 4) is 0 Å². The second-order valence-electron chi connectivity index (χ2n) is 28.9. The van der Waals surface area contributed by atoms with Gasteiger partial charge in [-0.25, -0.2) is 0 Å². The Balaban J connectivity index is 1.86. The van der Waals surface area contributed by atoms with Crippen LogP contribution >= 0.6 is 27.5 Å². The van der Waals surface area contributed by atoms with E-state index >= 15 is 4.79 Å². The smallest absolute Gasteiger partial charge is 0.246 e. The number of halogens is 2. The Labute approximate surface area is 574 Å². The summed E-state index contributed by atoms with van der Waals surface area (Å²) in [6.45, 7) is 15.4. The van der Waals surface area contributed by atoms with Gasteiger partial charge in [0.05, 0.1) is 26.1 Å². The number of carbonyl (C=O) groups excluding carboxylic acids is 12. The summed E-state index contributed by atoms with van der Waals surface area (Å²) in [6.07, 6.45) is 10.4. The van der Waals surface area contributed by atoms with Crippen LogP contribution in [0.2, 0.25) is 0 Å². The van der Waals surface area contributed by atoms with Gasteiger partial charge in [-0.2, -0.15) is 0 Å². The Kier molecular flexibility index (Phi) is 32.5. The third-order valence-corrected chi connectivity index (χ3v) is 21.3. The Morgan fingerprint density at radius 1 is 0.574 bits per heavy atom. The van der Waals surface area contributed by atoms with E-state index in [0.717, 1.165) is 37.0 Å². The molecule has 4 aliphatic rings. The lowest BCUT2D eigenvalue weighted by Gasteiger charge is -2.39. The highest BCUT2D eigenvalue weighted by atomic mass is 79.9. The van der Waals surface area contributed by atoms with Crippen LogP contribution in [-0.2, 0) is 57.5 Å². The molecule has 4 fully saturated rings. The van der Waals surface area contributed by atoms with Crippen LogP contribution in [0.1, 0.15) is 191 Å². The standard InChI is InChI=1S/C68H116BrClN12O12/c1-17-19-26-49-63(90)81(16)68(8,9)67(94)73-51(33-42(3)4)62(89)80(15)54(65(92)82-31-21-20-22-32-82)38-56(84)78(13)52(34-43(5)6)61(88)74-59(44(7)18-2)66(93)77(12)40-57(85)75(10)41-58(86)79(14)53(37-45-27-29-48(70)30-28-45)64(91)76(11)39-55(83)71-50(60(87)72-49)36-46-24-23-25-47(69)35-46/h42-54,59H,17-41H2,1-16H3,(H,71,83)(H,72,87)(H,73,94)(H,74,88)/t44-,45?,46?,47?,48?,49-,50-,51-,52-,53-,54-,59-/m0/s1. The number of carbonyl (C=O) groups is 12. The fourth-order valence-electron chi connectivity index (χ4n) is 13.2. The van der Waals surface area contributed by atoms with Gasteiger partial charge in [-0.15, -0.1) is 11.6 Å². The minimum atomic E-state index is -1.66. The molecular weight excluding hydrogens is 1290 g/mol. The maximum absolute atomic E-state index is 15.1. The van der Waals surface area contributed by atoms with Gasteiger partial charge < -0.3 is 60.5 Å². The number of alkyl halides is 2. The first-order valence-corrected chi connectivity index (χ1v) is 36.0. The number of likely N-dealkylation sites (tertiary alicyclic amines) is 1. The Bertz CT molecular complexity index is 2620. The fraction of sp³-hybridized carbons (Fsp3) is 0.824. The summed E-state index contributed by atoms with van der Waals surface area (Å²) in [5.41, 5.74) is -1.66. The van der Waals surface area contributed by atoms with Crippen LogP contribution in [0.5, 0.6) is 0 Å². The summed E-state index contributed by atoms with van der Waals surface area (Å²) in [5, 5.41) is 11.6. The molecule has 0 spiro atoms. The number of nitrogens with zero attached hydrogens (tertiary/aromatic N) is 8. The largest absolute Gasteiger partial charge is 0.343 e. The molecule has 2 saturated heterocycles. The van der Waals surface area contributed by atoms with Crippen LogP contribution in [0.15, 0.2) is 0 Å². The minimum absolute atomic E-state index is 0.000512. The van der Waals surface area contributed by atoms with E-state index in [9.17, 15) is 52.7 Å². The molecule has 10 atom stereocenters. The third kappa shape index (κ3) is 23.3. The first-order valence-electron chi connectivity index (χ1n) is 34.6. The van der Waals surface area contributed by atoms with Gasteiger partial charge in [0.1, 0.15) is 47.8 Å². The quantitative estimate of drug-likeness (QED) is 0.162. The highest BCUT2D eigenvalue weighted by Gasteiger charge is 2.45. The topological polar surface area (TPSA) is 279 Å². The van der Waals surface area contributed by atoms with Crippen molar-refractivity contribution in [1.29, 1.82) is 0 Å². The van der Waals surface area contributed by atoms with Crippen molar-refractivity contribution in [2.45, 2.75) is 249 Å². The molecule has 4 N–H and O–H groups in total. The highest BCUT2D eigenvalue weighted by molar-refractivity contribution is 9.09. The van der Waals surface area contributed by atoms with Gasteiger partial charge in [0.25, 0.3) is 0 Å². The van der Waals surface area contributed by atoms with Gasteiger partial charge in [-0.05, 0) is 133 Å². The molecule has 12 amide bonds. The first kappa shape index (κ1) is 80.8. The zero-order chi connectivity index (χ0) is 70.6. The predicted octanol–water partition coefficient (Wildman–Crippen LogP) is 5.30. The molecule has 0 bridgehead atoms. The van der Waals surface area contributed by atoms with Crippen molar-refractivity contribution in [3.63, 3.8) is 0 Å². The van der Waals surface area contributed by atoms with E-state index in [1.165, 1.54) is 92.6 Å². The van der Waals surface area contributed by atoms with Crippen LogP contribution in [0, 0.1) is 29.6 Å².